The molecule has 0 saturated carbocycles. The van der Waals surface area contributed by atoms with Crippen LogP contribution >= 0.6 is 0 Å². The van der Waals surface area contributed by atoms with Crippen molar-refractivity contribution in [2.75, 3.05) is 31.1 Å². The first-order valence-corrected chi connectivity index (χ1v) is 9.28. The number of carbonyl (C=O) groups excluding carboxylic acids is 1. The summed E-state index contributed by atoms with van der Waals surface area (Å²) in [6.45, 7) is 6.82. The lowest BCUT2D eigenvalue weighted by atomic mass is 10.0. The Labute approximate surface area is 160 Å². The van der Waals surface area contributed by atoms with E-state index in [1.54, 1.807) is 6.20 Å². The van der Waals surface area contributed by atoms with Crippen LogP contribution in [0.25, 0.3) is 0 Å². The summed E-state index contributed by atoms with van der Waals surface area (Å²) in [6, 6.07) is 9.65. The molecule has 1 aromatic carbocycles. The Bertz CT molecular complexity index is 829. The number of carbonyl (C=O) groups is 1. The summed E-state index contributed by atoms with van der Waals surface area (Å²) in [7, 11) is 1.94. The second-order valence-electron chi connectivity index (χ2n) is 7.17. The standard InChI is InChI=1S/C20H26N6O/c1-15(2)18(19-22-8-9-24(19)3)23-20(27)26-12-10-25(11-13-26)17-7-5-4-6-16(17)14-21/h4-9,15,18H,10-13H2,1-3H3,(H,23,27)/t18-/m1/s1. The molecule has 1 aliphatic rings. The van der Waals surface area contributed by atoms with Crippen molar-refractivity contribution in [2.45, 2.75) is 19.9 Å². The molecule has 2 heterocycles. The zero-order chi connectivity index (χ0) is 19.4. The minimum absolute atomic E-state index is 0.0649. The molecule has 142 valence electrons. The van der Waals surface area contributed by atoms with Crippen LogP contribution in [-0.2, 0) is 7.05 Å². The quantitative estimate of drug-likeness (QED) is 0.902. The molecule has 0 bridgehead atoms. The highest BCUT2D eigenvalue weighted by Gasteiger charge is 2.27. The number of nitrogens with zero attached hydrogens (tertiary/aromatic N) is 5. The van der Waals surface area contributed by atoms with E-state index in [-0.39, 0.29) is 18.0 Å². The van der Waals surface area contributed by atoms with E-state index in [0.29, 0.717) is 31.7 Å². The topological polar surface area (TPSA) is 77.2 Å². The Morgan fingerprint density at radius 1 is 1.22 bits per heavy atom. The van der Waals surface area contributed by atoms with Gasteiger partial charge in [-0.3, -0.25) is 0 Å². The molecule has 0 radical (unpaired) electrons. The number of nitriles is 1. The number of benzene rings is 1. The van der Waals surface area contributed by atoms with Gasteiger partial charge in [0.1, 0.15) is 11.9 Å². The average Bonchev–Trinajstić information content (AvgIpc) is 3.11. The molecular weight excluding hydrogens is 340 g/mol. The van der Waals surface area contributed by atoms with Crippen LogP contribution in [0.4, 0.5) is 10.5 Å². The number of anilines is 1. The summed E-state index contributed by atoms with van der Waals surface area (Å²) < 4.78 is 1.95. The fourth-order valence-electron chi connectivity index (χ4n) is 3.42. The summed E-state index contributed by atoms with van der Waals surface area (Å²) in [6.07, 6.45) is 3.64. The lowest BCUT2D eigenvalue weighted by Gasteiger charge is -2.37. The van der Waals surface area contributed by atoms with Crippen LogP contribution in [0.3, 0.4) is 0 Å². The highest BCUT2D eigenvalue weighted by Crippen LogP contribution is 2.22. The van der Waals surface area contributed by atoms with Gasteiger partial charge < -0.3 is 19.7 Å². The molecule has 1 aliphatic heterocycles. The van der Waals surface area contributed by atoms with Crippen molar-refractivity contribution >= 4 is 11.7 Å². The lowest BCUT2D eigenvalue weighted by molar-refractivity contribution is 0.185. The molecule has 1 saturated heterocycles. The molecule has 0 spiro atoms. The largest absolute Gasteiger partial charge is 0.367 e. The van der Waals surface area contributed by atoms with Crippen LogP contribution in [0.2, 0.25) is 0 Å². The number of amides is 2. The third-order valence-electron chi connectivity index (χ3n) is 5.01. The summed E-state index contributed by atoms with van der Waals surface area (Å²) in [5, 5.41) is 12.4. The molecule has 1 atom stereocenters. The Balaban J connectivity index is 1.63. The first-order chi connectivity index (χ1) is 13.0. The lowest BCUT2D eigenvalue weighted by Crippen LogP contribution is -2.53. The molecule has 0 unspecified atom stereocenters. The number of urea groups is 1. The minimum atomic E-state index is -0.130. The van der Waals surface area contributed by atoms with Crippen molar-refractivity contribution in [3.8, 4) is 6.07 Å². The summed E-state index contributed by atoms with van der Waals surface area (Å²) in [5.41, 5.74) is 1.61. The van der Waals surface area contributed by atoms with Crippen molar-refractivity contribution in [3.05, 3.63) is 48.0 Å². The Kier molecular flexibility index (Phi) is 5.65. The van der Waals surface area contributed by atoms with E-state index in [9.17, 15) is 10.1 Å². The fourth-order valence-corrected chi connectivity index (χ4v) is 3.42. The monoisotopic (exact) mass is 366 g/mol. The molecule has 0 aliphatic carbocycles. The number of aromatic nitrogens is 2. The van der Waals surface area contributed by atoms with E-state index in [1.165, 1.54) is 0 Å². The van der Waals surface area contributed by atoms with Crippen molar-refractivity contribution < 1.29 is 4.79 Å². The predicted molar refractivity (Wildman–Crippen MR) is 104 cm³/mol. The number of rotatable bonds is 4. The van der Waals surface area contributed by atoms with Gasteiger partial charge in [0.05, 0.1) is 17.3 Å². The van der Waals surface area contributed by atoms with E-state index in [2.05, 4.69) is 35.1 Å². The number of hydrogen-bond donors (Lipinski definition) is 1. The van der Waals surface area contributed by atoms with E-state index in [0.717, 1.165) is 11.5 Å². The molecule has 7 nitrogen and oxygen atoms in total. The second kappa shape index (κ2) is 8.12. The van der Waals surface area contributed by atoms with Crippen LogP contribution in [0.15, 0.2) is 36.7 Å². The van der Waals surface area contributed by atoms with E-state index >= 15 is 0 Å². The minimum Gasteiger partial charge on any atom is -0.367 e. The fraction of sp³-hybridized carbons (Fsp3) is 0.450. The van der Waals surface area contributed by atoms with E-state index < -0.39 is 0 Å². The van der Waals surface area contributed by atoms with Crippen LogP contribution < -0.4 is 10.2 Å². The van der Waals surface area contributed by atoms with Gasteiger partial charge in [-0.15, -0.1) is 0 Å². The third kappa shape index (κ3) is 4.05. The van der Waals surface area contributed by atoms with Crippen LogP contribution in [0, 0.1) is 17.2 Å². The SMILES string of the molecule is CC(C)[C@@H](NC(=O)N1CCN(c2ccccc2C#N)CC1)c1nccn1C. The van der Waals surface area contributed by atoms with Crippen LogP contribution in [0.5, 0.6) is 0 Å². The van der Waals surface area contributed by atoms with E-state index in [4.69, 9.17) is 0 Å². The second-order valence-corrected chi connectivity index (χ2v) is 7.17. The zero-order valence-electron chi connectivity index (χ0n) is 16.1. The van der Waals surface area contributed by atoms with Crippen molar-refractivity contribution in [3.63, 3.8) is 0 Å². The molecule has 7 heteroatoms. The van der Waals surface area contributed by atoms with Gasteiger partial charge in [-0.25, -0.2) is 9.78 Å². The van der Waals surface area contributed by atoms with Gasteiger partial charge in [0.25, 0.3) is 0 Å². The highest BCUT2D eigenvalue weighted by atomic mass is 16.2. The molecule has 1 fully saturated rings. The molecule has 1 aromatic heterocycles. The van der Waals surface area contributed by atoms with Crippen LogP contribution in [-0.4, -0.2) is 46.7 Å². The maximum atomic E-state index is 12.8. The third-order valence-corrected chi connectivity index (χ3v) is 5.01. The van der Waals surface area contributed by atoms with Crippen molar-refractivity contribution in [1.82, 2.24) is 19.8 Å². The van der Waals surface area contributed by atoms with E-state index in [1.807, 2.05) is 47.0 Å². The van der Waals surface area contributed by atoms with Crippen LogP contribution in [0.1, 0.15) is 31.3 Å². The maximum absolute atomic E-state index is 12.8. The maximum Gasteiger partial charge on any atom is 0.318 e. The Hall–Kier alpha value is -3.01. The summed E-state index contributed by atoms with van der Waals surface area (Å²) in [4.78, 5) is 21.2. The summed E-state index contributed by atoms with van der Waals surface area (Å²) in [5.74, 6) is 1.10. The smallest absolute Gasteiger partial charge is 0.318 e. The van der Waals surface area contributed by atoms with Gasteiger partial charge in [0, 0.05) is 45.6 Å². The first kappa shape index (κ1) is 18.8. The van der Waals surface area contributed by atoms with Crippen molar-refractivity contribution in [1.29, 1.82) is 5.26 Å². The molecule has 2 amide bonds. The summed E-state index contributed by atoms with van der Waals surface area (Å²) >= 11 is 0. The van der Waals surface area contributed by atoms with Gasteiger partial charge in [-0.1, -0.05) is 26.0 Å². The predicted octanol–water partition coefficient (Wildman–Crippen LogP) is 2.52. The number of hydrogen-bond acceptors (Lipinski definition) is 4. The molecular formula is C20H26N6O. The van der Waals surface area contributed by atoms with Gasteiger partial charge >= 0.3 is 6.03 Å². The molecule has 27 heavy (non-hydrogen) atoms. The zero-order valence-corrected chi connectivity index (χ0v) is 16.1. The number of para-hydroxylation sites is 1. The van der Waals surface area contributed by atoms with Gasteiger partial charge in [0.2, 0.25) is 0 Å². The normalized spacial score (nSPS) is 15.5. The highest BCUT2D eigenvalue weighted by molar-refractivity contribution is 5.75. The van der Waals surface area contributed by atoms with Gasteiger partial charge in [-0.2, -0.15) is 5.26 Å². The Morgan fingerprint density at radius 3 is 2.52 bits per heavy atom. The van der Waals surface area contributed by atoms with Gasteiger partial charge in [-0.05, 0) is 18.1 Å². The molecule has 3 rings (SSSR count). The first-order valence-electron chi connectivity index (χ1n) is 9.28. The van der Waals surface area contributed by atoms with Gasteiger partial charge in [0.15, 0.2) is 0 Å². The van der Waals surface area contributed by atoms with Crippen molar-refractivity contribution in [2.24, 2.45) is 13.0 Å². The Morgan fingerprint density at radius 2 is 1.93 bits per heavy atom. The molecule has 1 N–H and O–H groups in total. The average molecular weight is 366 g/mol. The number of piperazine rings is 1. The molecule has 2 aromatic rings. The number of nitrogens with one attached hydrogen (secondary N) is 1. The number of imidazole rings is 1. The number of aryl methyl sites for hydroxylation is 1.